The number of ether oxygens (including phenoxy) is 1. The molecule has 1 aliphatic carbocycles. The lowest BCUT2D eigenvalue weighted by atomic mass is 9.86. The lowest BCUT2D eigenvalue weighted by Gasteiger charge is -2.30. The van der Waals surface area contributed by atoms with E-state index in [4.69, 9.17) is 10.5 Å². The quantitative estimate of drug-likeness (QED) is 0.933. The summed E-state index contributed by atoms with van der Waals surface area (Å²) < 4.78 is 7.00. The molecule has 1 heterocycles. The van der Waals surface area contributed by atoms with Gasteiger partial charge in [-0.05, 0) is 54.2 Å². The van der Waals surface area contributed by atoms with Gasteiger partial charge in [-0.2, -0.15) is 0 Å². The van der Waals surface area contributed by atoms with Gasteiger partial charge in [-0.25, -0.2) is 4.98 Å². The Morgan fingerprint density at radius 2 is 2.24 bits per heavy atom. The highest BCUT2D eigenvalue weighted by Gasteiger charge is 2.25. The molecule has 1 aromatic heterocycles. The summed E-state index contributed by atoms with van der Waals surface area (Å²) in [4.78, 5) is 4.29. The Kier molecular flexibility index (Phi) is 4.40. The topological polar surface area (TPSA) is 48.1 Å². The normalized spacial score (nSPS) is 24.6. The molecule has 0 aromatic carbocycles. The van der Waals surface area contributed by atoms with E-state index in [1.54, 1.807) is 6.20 Å². The Morgan fingerprint density at radius 3 is 2.94 bits per heavy atom. The molecular formula is C13H19BrN2O. The third-order valence-electron chi connectivity index (χ3n) is 3.44. The number of pyridine rings is 1. The van der Waals surface area contributed by atoms with Gasteiger partial charge in [0.15, 0.2) is 0 Å². The van der Waals surface area contributed by atoms with E-state index in [0.717, 1.165) is 22.3 Å². The summed E-state index contributed by atoms with van der Waals surface area (Å²) in [5, 5.41) is 0. The zero-order valence-electron chi connectivity index (χ0n) is 10.2. The maximum Gasteiger partial charge on any atom is 0.213 e. The van der Waals surface area contributed by atoms with Crippen LogP contribution in [0, 0.1) is 12.8 Å². The minimum atomic E-state index is 0.238. The maximum absolute atomic E-state index is 5.98. The molecule has 0 aliphatic heterocycles. The first-order chi connectivity index (χ1) is 8.20. The average molecular weight is 299 g/mol. The second-order valence-electron chi connectivity index (χ2n) is 4.71. The van der Waals surface area contributed by atoms with Gasteiger partial charge >= 0.3 is 0 Å². The summed E-state index contributed by atoms with van der Waals surface area (Å²) in [6, 6.07) is 1.98. The Morgan fingerprint density at radius 1 is 1.47 bits per heavy atom. The van der Waals surface area contributed by atoms with Gasteiger partial charge < -0.3 is 10.5 Å². The molecular weight excluding hydrogens is 280 g/mol. The molecule has 1 aromatic rings. The first kappa shape index (κ1) is 12.8. The molecule has 94 valence electrons. The van der Waals surface area contributed by atoms with Gasteiger partial charge in [0, 0.05) is 22.7 Å². The van der Waals surface area contributed by atoms with Crippen molar-refractivity contribution in [3.8, 4) is 5.88 Å². The molecule has 0 spiro atoms. The van der Waals surface area contributed by atoms with Crippen LogP contribution in [0.2, 0.25) is 0 Å². The van der Waals surface area contributed by atoms with Gasteiger partial charge in [-0.3, -0.25) is 0 Å². The minimum absolute atomic E-state index is 0.238. The van der Waals surface area contributed by atoms with Gasteiger partial charge in [-0.1, -0.05) is 6.42 Å². The molecule has 0 bridgehead atoms. The van der Waals surface area contributed by atoms with Crippen LogP contribution < -0.4 is 10.5 Å². The molecule has 0 radical (unpaired) electrons. The predicted molar refractivity (Wildman–Crippen MR) is 72.1 cm³/mol. The Balaban J connectivity index is 2.05. The molecule has 2 unspecified atom stereocenters. The van der Waals surface area contributed by atoms with Gasteiger partial charge in [0.2, 0.25) is 5.88 Å². The van der Waals surface area contributed by atoms with Crippen LogP contribution in [0.3, 0.4) is 0 Å². The van der Waals surface area contributed by atoms with Crippen molar-refractivity contribution in [2.75, 3.05) is 6.54 Å². The van der Waals surface area contributed by atoms with Crippen LogP contribution in [-0.4, -0.2) is 17.6 Å². The molecule has 4 heteroatoms. The van der Waals surface area contributed by atoms with E-state index in [-0.39, 0.29) is 6.10 Å². The van der Waals surface area contributed by atoms with Crippen molar-refractivity contribution in [2.24, 2.45) is 11.7 Å². The highest BCUT2D eigenvalue weighted by atomic mass is 79.9. The van der Waals surface area contributed by atoms with E-state index in [2.05, 4.69) is 20.9 Å². The van der Waals surface area contributed by atoms with Crippen molar-refractivity contribution < 1.29 is 4.74 Å². The zero-order chi connectivity index (χ0) is 12.3. The summed E-state index contributed by atoms with van der Waals surface area (Å²) in [5.41, 5.74) is 6.94. The van der Waals surface area contributed by atoms with Crippen molar-refractivity contribution in [1.29, 1.82) is 0 Å². The lowest BCUT2D eigenvalue weighted by Crippen LogP contribution is -2.35. The van der Waals surface area contributed by atoms with Gasteiger partial charge in [0.1, 0.15) is 6.10 Å². The largest absolute Gasteiger partial charge is 0.474 e. The van der Waals surface area contributed by atoms with Gasteiger partial charge in [0.05, 0.1) is 0 Å². The number of nitrogens with zero attached hydrogens (tertiary/aromatic N) is 1. The van der Waals surface area contributed by atoms with E-state index in [0.29, 0.717) is 12.5 Å². The third-order valence-corrected chi connectivity index (χ3v) is 4.27. The van der Waals surface area contributed by atoms with Crippen LogP contribution >= 0.6 is 15.9 Å². The summed E-state index contributed by atoms with van der Waals surface area (Å²) in [5.74, 6) is 1.20. The van der Waals surface area contributed by atoms with Crippen molar-refractivity contribution >= 4 is 15.9 Å². The van der Waals surface area contributed by atoms with E-state index in [1.807, 2.05) is 13.0 Å². The van der Waals surface area contributed by atoms with Crippen LogP contribution in [0.1, 0.15) is 31.2 Å². The molecule has 2 N–H and O–H groups in total. The summed E-state index contributed by atoms with van der Waals surface area (Å²) in [7, 11) is 0. The van der Waals surface area contributed by atoms with E-state index < -0.39 is 0 Å². The second-order valence-corrected chi connectivity index (χ2v) is 5.56. The predicted octanol–water partition coefficient (Wildman–Crippen LogP) is 3.05. The minimum Gasteiger partial charge on any atom is -0.474 e. The van der Waals surface area contributed by atoms with Crippen LogP contribution in [0.5, 0.6) is 5.88 Å². The first-order valence-corrected chi connectivity index (χ1v) is 6.99. The fourth-order valence-corrected chi connectivity index (χ4v) is 2.55. The van der Waals surface area contributed by atoms with E-state index in [1.165, 1.54) is 19.3 Å². The molecule has 2 rings (SSSR count). The molecule has 2 atom stereocenters. The first-order valence-electron chi connectivity index (χ1n) is 6.19. The average Bonchev–Trinajstić information content (AvgIpc) is 2.34. The van der Waals surface area contributed by atoms with E-state index in [9.17, 15) is 0 Å². The lowest BCUT2D eigenvalue weighted by molar-refractivity contribution is 0.0922. The van der Waals surface area contributed by atoms with Crippen molar-refractivity contribution in [3.63, 3.8) is 0 Å². The molecule has 0 amide bonds. The van der Waals surface area contributed by atoms with Crippen LogP contribution in [0.15, 0.2) is 16.7 Å². The number of nitrogens with two attached hydrogens (primary N) is 1. The maximum atomic E-state index is 5.98. The second kappa shape index (κ2) is 5.83. The van der Waals surface area contributed by atoms with Crippen molar-refractivity contribution in [2.45, 2.75) is 38.7 Å². The third kappa shape index (κ3) is 3.19. The zero-order valence-corrected chi connectivity index (χ0v) is 11.7. The monoisotopic (exact) mass is 298 g/mol. The van der Waals surface area contributed by atoms with Crippen LogP contribution in [0.25, 0.3) is 0 Å². The van der Waals surface area contributed by atoms with Gasteiger partial charge in [-0.15, -0.1) is 0 Å². The summed E-state index contributed by atoms with van der Waals surface area (Å²) in [6.07, 6.45) is 6.81. The molecule has 1 fully saturated rings. The SMILES string of the molecule is Cc1cc(OC2CCCCC2CN)ncc1Br. The number of rotatable bonds is 3. The smallest absolute Gasteiger partial charge is 0.213 e. The van der Waals surface area contributed by atoms with Gasteiger partial charge in [0.25, 0.3) is 0 Å². The highest BCUT2D eigenvalue weighted by Crippen LogP contribution is 2.28. The number of hydrogen-bond acceptors (Lipinski definition) is 3. The molecule has 17 heavy (non-hydrogen) atoms. The fraction of sp³-hybridized carbons (Fsp3) is 0.615. The van der Waals surface area contributed by atoms with Crippen LogP contribution in [-0.2, 0) is 0 Å². The molecule has 3 nitrogen and oxygen atoms in total. The standard InChI is InChI=1S/C13H19BrN2O/c1-9-6-13(16-8-11(9)14)17-12-5-3-2-4-10(12)7-15/h6,8,10,12H,2-5,7,15H2,1H3. The number of aryl methyl sites for hydroxylation is 1. The number of aromatic nitrogens is 1. The highest BCUT2D eigenvalue weighted by molar-refractivity contribution is 9.10. The van der Waals surface area contributed by atoms with Crippen LogP contribution in [0.4, 0.5) is 0 Å². The fourth-order valence-electron chi connectivity index (χ4n) is 2.33. The molecule has 0 saturated heterocycles. The summed E-state index contributed by atoms with van der Waals surface area (Å²) in [6.45, 7) is 2.75. The Bertz CT molecular complexity index is 384. The Hall–Kier alpha value is -0.610. The summed E-state index contributed by atoms with van der Waals surface area (Å²) >= 11 is 3.44. The van der Waals surface area contributed by atoms with E-state index >= 15 is 0 Å². The Labute approximate surface area is 111 Å². The van der Waals surface area contributed by atoms with Crippen molar-refractivity contribution in [3.05, 3.63) is 22.3 Å². The number of hydrogen-bond donors (Lipinski definition) is 1. The molecule has 1 saturated carbocycles. The molecule has 1 aliphatic rings. The van der Waals surface area contributed by atoms with Crippen molar-refractivity contribution in [1.82, 2.24) is 4.98 Å². The number of halogens is 1.